The first-order valence-electron chi connectivity index (χ1n) is 15.1. The van der Waals surface area contributed by atoms with Gasteiger partial charge >= 0.3 is 0 Å². The molecule has 0 amide bonds. The summed E-state index contributed by atoms with van der Waals surface area (Å²) in [7, 11) is -1.26. The van der Waals surface area contributed by atoms with Crippen molar-refractivity contribution in [3.05, 3.63) is 164 Å². The van der Waals surface area contributed by atoms with E-state index >= 15 is 0 Å². The van der Waals surface area contributed by atoms with Gasteiger partial charge in [-0.3, -0.25) is 0 Å². The number of hydrogen-bond donors (Lipinski definition) is 0. The van der Waals surface area contributed by atoms with Crippen molar-refractivity contribution in [2.24, 2.45) is 0 Å². The smallest absolute Gasteiger partial charge is 0.212 e. The lowest BCUT2D eigenvalue weighted by molar-refractivity contribution is 0.578. The number of rotatable bonds is 11. The second-order valence-corrected chi connectivity index (χ2v) is 14.4. The van der Waals surface area contributed by atoms with Gasteiger partial charge in [0.05, 0.1) is 20.3 Å². The standard InChI is InChI=1S/C22H26N2Si.C15H15B/c1-3-4-11-18-25(2)22(24-17-16-23-19-24,20-12-7-5-8-13-20)21-14-9-6-10-15-21;1-3-7-13(8-4-1)16(15-11-12-15)14-9-5-2-6-10-14/h3,5-10,12-17,19,25H,1,4,11,18H2,2H3;1-10,15H,11-12H2. The van der Waals surface area contributed by atoms with Crippen LogP contribution in [-0.4, -0.2) is 25.1 Å². The number of benzene rings is 4. The van der Waals surface area contributed by atoms with Gasteiger partial charge in [-0.05, 0) is 17.5 Å². The molecule has 6 rings (SSSR count). The van der Waals surface area contributed by atoms with Crippen LogP contribution in [0.5, 0.6) is 0 Å². The van der Waals surface area contributed by atoms with Gasteiger partial charge in [-0.15, -0.1) is 6.58 Å². The summed E-state index contributed by atoms with van der Waals surface area (Å²) in [5, 5.41) is -0.125. The van der Waals surface area contributed by atoms with Crippen LogP contribution in [0.1, 0.15) is 36.8 Å². The number of allylic oxidation sites excluding steroid dienone is 1. The molecule has 0 radical (unpaired) electrons. The van der Waals surface area contributed by atoms with Crippen LogP contribution < -0.4 is 10.9 Å². The zero-order valence-corrected chi connectivity index (χ0v) is 25.4. The fourth-order valence-corrected chi connectivity index (χ4v) is 9.86. The first-order valence-corrected chi connectivity index (χ1v) is 17.6. The van der Waals surface area contributed by atoms with E-state index in [0.29, 0.717) is 6.71 Å². The fourth-order valence-electron chi connectivity index (χ4n) is 6.40. The molecule has 1 atom stereocenters. The molecule has 0 bridgehead atoms. The van der Waals surface area contributed by atoms with Crippen molar-refractivity contribution in [1.82, 2.24) is 9.55 Å². The van der Waals surface area contributed by atoms with Gasteiger partial charge < -0.3 is 4.57 Å². The van der Waals surface area contributed by atoms with Crippen LogP contribution in [0.3, 0.4) is 0 Å². The van der Waals surface area contributed by atoms with Crippen molar-refractivity contribution >= 4 is 26.4 Å². The Morgan fingerprint density at radius 1 is 0.805 bits per heavy atom. The van der Waals surface area contributed by atoms with Crippen molar-refractivity contribution in [1.29, 1.82) is 0 Å². The second-order valence-electron chi connectivity index (χ2n) is 11.2. The van der Waals surface area contributed by atoms with Gasteiger partial charge in [-0.1, -0.05) is 176 Å². The molecule has 2 nitrogen and oxygen atoms in total. The molecule has 1 heterocycles. The molecule has 5 aromatic rings. The topological polar surface area (TPSA) is 17.8 Å². The molecular formula is C37H41BN2Si. The third-order valence-corrected chi connectivity index (χ3v) is 12.2. The summed E-state index contributed by atoms with van der Waals surface area (Å²) < 4.78 is 2.34. The highest BCUT2D eigenvalue weighted by Crippen LogP contribution is 2.39. The average Bonchev–Trinajstić information content (AvgIpc) is 3.72. The molecule has 1 saturated carbocycles. The zero-order valence-electron chi connectivity index (χ0n) is 24.2. The minimum Gasteiger partial charge on any atom is -0.326 e. The first kappa shape index (κ1) is 28.6. The molecule has 0 N–H and O–H groups in total. The summed E-state index contributed by atoms with van der Waals surface area (Å²) in [6, 6.07) is 44.9. The largest absolute Gasteiger partial charge is 0.326 e. The highest BCUT2D eigenvalue weighted by Gasteiger charge is 2.41. The van der Waals surface area contributed by atoms with Crippen molar-refractivity contribution in [3.8, 4) is 0 Å². The lowest BCUT2D eigenvalue weighted by atomic mass is 9.37. The van der Waals surface area contributed by atoms with E-state index in [-0.39, 0.29) is 5.16 Å². The number of unbranched alkanes of at least 4 members (excludes halogenated alkanes) is 1. The summed E-state index contributed by atoms with van der Waals surface area (Å²) in [4.78, 5) is 4.39. The van der Waals surface area contributed by atoms with E-state index in [1.807, 2.05) is 18.6 Å². The minimum absolute atomic E-state index is 0.125. The summed E-state index contributed by atoms with van der Waals surface area (Å²) >= 11 is 0. The Morgan fingerprint density at radius 2 is 1.29 bits per heavy atom. The van der Waals surface area contributed by atoms with E-state index in [1.165, 1.54) is 47.4 Å². The fraction of sp³-hybridized carbons (Fsp3) is 0.216. The van der Waals surface area contributed by atoms with E-state index in [2.05, 4.69) is 150 Å². The van der Waals surface area contributed by atoms with Crippen molar-refractivity contribution < 1.29 is 0 Å². The van der Waals surface area contributed by atoms with Crippen LogP contribution in [0.2, 0.25) is 18.4 Å². The third kappa shape index (κ3) is 6.71. The van der Waals surface area contributed by atoms with Gasteiger partial charge in [0.2, 0.25) is 6.71 Å². The molecule has 41 heavy (non-hydrogen) atoms. The van der Waals surface area contributed by atoms with Crippen LogP contribution in [0.25, 0.3) is 0 Å². The number of hydrogen-bond acceptors (Lipinski definition) is 1. The molecule has 1 aliphatic rings. The van der Waals surface area contributed by atoms with Crippen molar-refractivity contribution in [3.63, 3.8) is 0 Å². The Bertz CT molecular complexity index is 1360. The summed E-state index contributed by atoms with van der Waals surface area (Å²) in [5.74, 6) is 0.866. The summed E-state index contributed by atoms with van der Waals surface area (Å²) in [6.07, 6.45) is 13.1. The van der Waals surface area contributed by atoms with Gasteiger partial charge in [-0.2, -0.15) is 0 Å². The summed E-state index contributed by atoms with van der Waals surface area (Å²) in [6.45, 7) is 6.99. The highest BCUT2D eigenvalue weighted by atomic mass is 28.3. The van der Waals surface area contributed by atoms with Crippen molar-refractivity contribution in [2.75, 3.05) is 0 Å². The Morgan fingerprint density at radius 3 is 1.71 bits per heavy atom. The lowest BCUT2D eigenvalue weighted by Gasteiger charge is -2.41. The number of imidazole rings is 1. The molecule has 1 fully saturated rings. The predicted molar refractivity (Wildman–Crippen MR) is 179 cm³/mol. The van der Waals surface area contributed by atoms with Gasteiger partial charge in [0.15, 0.2) is 0 Å². The van der Waals surface area contributed by atoms with Gasteiger partial charge in [0, 0.05) is 12.4 Å². The first-order chi connectivity index (χ1) is 20.2. The van der Waals surface area contributed by atoms with E-state index in [1.54, 1.807) is 0 Å². The SMILES string of the molecule is C=CCCC[SiH](C)C(c1ccccc1)(c1ccccc1)n1ccnc1.c1ccc(B(c2ccccc2)C2CC2)cc1. The van der Waals surface area contributed by atoms with E-state index in [4.69, 9.17) is 0 Å². The number of aromatic nitrogens is 2. The Balaban J connectivity index is 0.000000181. The average molecular weight is 553 g/mol. The van der Waals surface area contributed by atoms with Gasteiger partial charge in [0.25, 0.3) is 0 Å². The molecular weight excluding hydrogens is 511 g/mol. The van der Waals surface area contributed by atoms with Crippen LogP contribution in [0.15, 0.2) is 153 Å². The van der Waals surface area contributed by atoms with Crippen LogP contribution in [-0.2, 0) is 5.16 Å². The molecule has 1 aromatic heterocycles. The Hall–Kier alpha value is -3.89. The highest BCUT2D eigenvalue weighted by molar-refractivity contribution is 6.86. The monoisotopic (exact) mass is 552 g/mol. The molecule has 0 spiro atoms. The second kappa shape index (κ2) is 14.1. The Labute approximate surface area is 248 Å². The molecule has 1 aliphatic carbocycles. The molecule has 0 aliphatic heterocycles. The maximum atomic E-state index is 4.39. The minimum atomic E-state index is -1.26. The van der Waals surface area contributed by atoms with E-state index < -0.39 is 8.80 Å². The van der Waals surface area contributed by atoms with Crippen LogP contribution in [0, 0.1) is 0 Å². The molecule has 0 saturated heterocycles. The van der Waals surface area contributed by atoms with Crippen LogP contribution >= 0.6 is 0 Å². The number of nitrogens with zero attached hydrogens (tertiary/aromatic N) is 2. The lowest BCUT2D eigenvalue weighted by Crippen LogP contribution is -2.48. The third-order valence-electron chi connectivity index (χ3n) is 8.51. The summed E-state index contributed by atoms with van der Waals surface area (Å²) in [5.41, 5.74) is 5.65. The Kier molecular flexibility index (Phi) is 9.88. The zero-order chi connectivity index (χ0) is 28.3. The van der Waals surface area contributed by atoms with E-state index in [9.17, 15) is 0 Å². The predicted octanol–water partition coefficient (Wildman–Crippen LogP) is 7.50. The van der Waals surface area contributed by atoms with Crippen molar-refractivity contribution in [2.45, 2.75) is 49.3 Å². The van der Waals surface area contributed by atoms with Gasteiger partial charge in [-0.25, -0.2) is 4.98 Å². The van der Waals surface area contributed by atoms with Crippen LogP contribution in [0.4, 0.5) is 0 Å². The molecule has 1 unspecified atom stereocenters. The molecule has 206 valence electrons. The molecule has 4 heteroatoms. The normalized spacial score (nSPS) is 13.5. The van der Waals surface area contributed by atoms with Gasteiger partial charge in [0.1, 0.15) is 0 Å². The quantitative estimate of drug-likeness (QED) is 0.0943. The molecule has 4 aromatic carbocycles. The van der Waals surface area contributed by atoms with E-state index in [0.717, 1.165) is 12.2 Å². The maximum absolute atomic E-state index is 4.39. The maximum Gasteiger partial charge on any atom is 0.212 e.